The quantitative estimate of drug-likeness (QED) is 0.309. The van der Waals surface area contributed by atoms with Crippen molar-refractivity contribution in [1.82, 2.24) is 20.3 Å². The first-order valence-corrected chi connectivity index (χ1v) is 10.1. The summed E-state index contributed by atoms with van der Waals surface area (Å²) in [6, 6.07) is 6.38. The lowest BCUT2D eigenvalue weighted by Crippen LogP contribution is -2.47. The van der Waals surface area contributed by atoms with Gasteiger partial charge in [0.15, 0.2) is 17.4 Å². The summed E-state index contributed by atoms with van der Waals surface area (Å²) in [7, 11) is 3.15. The Hall–Kier alpha value is -3.34. The number of nitrogens with zero attached hydrogens (tertiary/aromatic N) is 3. The van der Waals surface area contributed by atoms with E-state index < -0.39 is 12.0 Å². The maximum absolute atomic E-state index is 14.8. The standard InChI is InChI=1S/C22H25FN6O3/c1-4-18(30)26-15-10-32-11-16(15)28-22-25-9-12-8-14(27-21(24-2)20(12)29-22)13-6-5-7-17(31-3)19(13)23/h4-9,15-16,18,26,30H,1,10-11H2,2-3H3,(H,24,27)(H,25,28,29)/t15-,16+,18?/m0/s1. The van der Waals surface area contributed by atoms with Crippen molar-refractivity contribution < 1.29 is 19.0 Å². The van der Waals surface area contributed by atoms with Gasteiger partial charge in [-0.2, -0.15) is 0 Å². The van der Waals surface area contributed by atoms with Gasteiger partial charge in [-0.3, -0.25) is 5.32 Å². The Bertz CT molecular complexity index is 1130. The SMILES string of the molecule is C=CC(O)N[C@H]1COC[C@H]1Nc1ncc2cc(-c3cccc(OC)c3F)nc(NC)c2n1. The number of aromatic nitrogens is 3. The van der Waals surface area contributed by atoms with Gasteiger partial charge in [-0.25, -0.2) is 19.3 Å². The lowest BCUT2D eigenvalue weighted by molar-refractivity contribution is 0.149. The van der Waals surface area contributed by atoms with E-state index in [-0.39, 0.29) is 17.8 Å². The van der Waals surface area contributed by atoms with Gasteiger partial charge in [-0.1, -0.05) is 12.6 Å². The van der Waals surface area contributed by atoms with Crippen LogP contribution >= 0.6 is 0 Å². The van der Waals surface area contributed by atoms with E-state index in [1.54, 1.807) is 37.5 Å². The van der Waals surface area contributed by atoms with Crippen molar-refractivity contribution in [3.8, 4) is 17.0 Å². The van der Waals surface area contributed by atoms with Gasteiger partial charge < -0.3 is 25.2 Å². The molecule has 0 spiro atoms. The maximum Gasteiger partial charge on any atom is 0.223 e. The summed E-state index contributed by atoms with van der Waals surface area (Å²) < 4.78 is 25.4. The van der Waals surface area contributed by atoms with Crippen LogP contribution in [-0.2, 0) is 4.74 Å². The molecule has 1 aliphatic heterocycles. The van der Waals surface area contributed by atoms with Crippen molar-refractivity contribution in [2.24, 2.45) is 0 Å². The number of methoxy groups -OCH3 is 1. The Balaban J connectivity index is 1.65. The minimum absolute atomic E-state index is 0.136. The van der Waals surface area contributed by atoms with Crippen LogP contribution in [0.5, 0.6) is 5.75 Å². The van der Waals surface area contributed by atoms with Crippen LogP contribution in [0.2, 0.25) is 0 Å². The molecule has 1 aliphatic rings. The number of aliphatic hydroxyl groups excluding tert-OH is 1. The molecule has 0 amide bonds. The molecular weight excluding hydrogens is 415 g/mol. The Labute approximate surface area is 184 Å². The topological polar surface area (TPSA) is 113 Å². The lowest BCUT2D eigenvalue weighted by Gasteiger charge is -2.22. The number of benzene rings is 1. The smallest absolute Gasteiger partial charge is 0.223 e. The van der Waals surface area contributed by atoms with Gasteiger partial charge in [0.05, 0.1) is 38.1 Å². The molecule has 0 aliphatic carbocycles. The van der Waals surface area contributed by atoms with Crippen molar-refractivity contribution in [3.05, 3.63) is 48.9 Å². The van der Waals surface area contributed by atoms with E-state index >= 15 is 0 Å². The Kier molecular flexibility index (Phi) is 6.45. The first kappa shape index (κ1) is 21.9. The van der Waals surface area contributed by atoms with E-state index in [2.05, 4.69) is 37.5 Å². The highest BCUT2D eigenvalue weighted by Crippen LogP contribution is 2.31. The minimum atomic E-state index is -0.834. The first-order valence-electron chi connectivity index (χ1n) is 10.1. The average Bonchev–Trinajstić information content (AvgIpc) is 3.24. The fourth-order valence-electron chi connectivity index (χ4n) is 3.60. The van der Waals surface area contributed by atoms with Crippen LogP contribution in [0.3, 0.4) is 0 Å². The average molecular weight is 440 g/mol. The van der Waals surface area contributed by atoms with Crippen molar-refractivity contribution >= 4 is 22.7 Å². The van der Waals surface area contributed by atoms with Gasteiger partial charge in [-0.05, 0) is 24.3 Å². The van der Waals surface area contributed by atoms with Gasteiger partial charge in [-0.15, -0.1) is 0 Å². The highest BCUT2D eigenvalue weighted by atomic mass is 19.1. The number of nitrogens with one attached hydrogen (secondary N) is 3. The molecule has 1 fully saturated rings. The normalized spacial score (nSPS) is 19.0. The van der Waals surface area contributed by atoms with Gasteiger partial charge in [0.25, 0.3) is 0 Å². The third kappa shape index (κ3) is 4.33. The van der Waals surface area contributed by atoms with Crippen LogP contribution in [0.25, 0.3) is 22.2 Å². The molecule has 4 rings (SSSR count). The predicted octanol–water partition coefficient (Wildman–Crippen LogP) is 2.15. The molecule has 3 heterocycles. The Morgan fingerprint density at radius 3 is 2.88 bits per heavy atom. The number of anilines is 2. The number of pyridine rings is 1. The van der Waals surface area contributed by atoms with E-state index in [0.717, 1.165) is 0 Å². The number of fused-ring (bicyclic) bond motifs is 1. The molecule has 1 saturated heterocycles. The monoisotopic (exact) mass is 440 g/mol. The number of rotatable bonds is 8. The molecule has 10 heteroatoms. The molecular formula is C22H25FN6O3. The zero-order valence-corrected chi connectivity index (χ0v) is 17.8. The van der Waals surface area contributed by atoms with Crippen molar-refractivity contribution in [2.75, 3.05) is 38.0 Å². The van der Waals surface area contributed by atoms with Crippen LogP contribution in [-0.4, -0.2) is 65.7 Å². The summed E-state index contributed by atoms with van der Waals surface area (Å²) in [4.78, 5) is 13.6. The Morgan fingerprint density at radius 2 is 2.12 bits per heavy atom. The molecule has 3 atom stereocenters. The maximum atomic E-state index is 14.8. The zero-order valence-electron chi connectivity index (χ0n) is 17.8. The summed E-state index contributed by atoms with van der Waals surface area (Å²) in [5, 5.41) is 19.8. The number of halogens is 1. The third-order valence-corrected chi connectivity index (χ3v) is 5.26. The van der Waals surface area contributed by atoms with Crippen LogP contribution < -0.4 is 20.7 Å². The van der Waals surface area contributed by atoms with Crippen molar-refractivity contribution in [2.45, 2.75) is 18.3 Å². The van der Waals surface area contributed by atoms with Crippen molar-refractivity contribution in [1.29, 1.82) is 0 Å². The summed E-state index contributed by atoms with van der Waals surface area (Å²) in [6.45, 7) is 4.44. The predicted molar refractivity (Wildman–Crippen MR) is 120 cm³/mol. The fraction of sp³-hybridized carbons (Fsp3) is 0.318. The van der Waals surface area contributed by atoms with Crippen LogP contribution in [0, 0.1) is 5.82 Å². The second kappa shape index (κ2) is 9.43. The molecule has 1 aromatic carbocycles. The number of ether oxygens (including phenoxy) is 2. The largest absolute Gasteiger partial charge is 0.494 e. The molecule has 0 saturated carbocycles. The summed E-state index contributed by atoms with van der Waals surface area (Å²) in [5.41, 5.74) is 1.35. The Morgan fingerprint density at radius 1 is 1.31 bits per heavy atom. The second-order valence-corrected chi connectivity index (χ2v) is 7.30. The zero-order chi connectivity index (χ0) is 22.7. The molecule has 4 N–H and O–H groups in total. The molecule has 2 aromatic heterocycles. The molecule has 32 heavy (non-hydrogen) atoms. The fourth-order valence-corrected chi connectivity index (χ4v) is 3.60. The highest BCUT2D eigenvalue weighted by molar-refractivity contribution is 5.91. The summed E-state index contributed by atoms with van der Waals surface area (Å²) >= 11 is 0. The number of hydrogen-bond donors (Lipinski definition) is 4. The van der Waals surface area contributed by atoms with Gasteiger partial charge in [0.2, 0.25) is 5.95 Å². The lowest BCUT2D eigenvalue weighted by atomic mass is 10.1. The van der Waals surface area contributed by atoms with Crippen LogP contribution in [0.4, 0.5) is 16.2 Å². The van der Waals surface area contributed by atoms with Crippen LogP contribution in [0.15, 0.2) is 43.1 Å². The molecule has 3 aromatic rings. The van der Waals surface area contributed by atoms with E-state index in [0.29, 0.717) is 47.1 Å². The molecule has 0 bridgehead atoms. The molecule has 168 valence electrons. The number of aliphatic hydroxyl groups is 1. The van der Waals surface area contributed by atoms with Crippen molar-refractivity contribution in [3.63, 3.8) is 0 Å². The molecule has 0 radical (unpaired) electrons. The highest BCUT2D eigenvalue weighted by Gasteiger charge is 2.29. The van der Waals surface area contributed by atoms with Gasteiger partial charge >= 0.3 is 0 Å². The van der Waals surface area contributed by atoms with Crippen LogP contribution in [0.1, 0.15) is 0 Å². The van der Waals surface area contributed by atoms with E-state index in [1.165, 1.54) is 13.2 Å². The van der Waals surface area contributed by atoms with Gasteiger partial charge in [0, 0.05) is 24.2 Å². The van der Waals surface area contributed by atoms with E-state index in [9.17, 15) is 9.50 Å². The second-order valence-electron chi connectivity index (χ2n) is 7.30. The molecule has 9 nitrogen and oxygen atoms in total. The molecule has 1 unspecified atom stereocenters. The third-order valence-electron chi connectivity index (χ3n) is 5.26. The summed E-state index contributed by atoms with van der Waals surface area (Å²) in [6.07, 6.45) is 2.24. The van der Waals surface area contributed by atoms with E-state index in [1.807, 2.05) is 0 Å². The summed E-state index contributed by atoms with van der Waals surface area (Å²) in [5.74, 6) is 0.551. The minimum Gasteiger partial charge on any atom is -0.494 e. The van der Waals surface area contributed by atoms with E-state index in [4.69, 9.17) is 9.47 Å². The first-order chi connectivity index (χ1) is 15.5. The number of hydrogen-bond acceptors (Lipinski definition) is 9. The van der Waals surface area contributed by atoms with Gasteiger partial charge in [0.1, 0.15) is 11.7 Å².